The van der Waals surface area contributed by atoms with E-state index in [1.165, 1.54) is 6.33 Å². The molecule has 2 aromatic rings. The first-order valence-electron chi connectivity index (χ1n) is 7.07. The Bertz CT molecular complexity index is 757. The Kier molecular flexibility index (Phi) is 3.44. The van der Waals surface area contributed by atoms with Crippen LogP contribution in [-0.4, -0.2) is 37.1 Å². The molecule has 0 bridgehead atoms. The van der Waals surface area contributed by atoms with Gasteiger partial charge in [-0.15, -0.1) is 0 Å². The van der Waals surface area contributed by atoms with Gasteiger partial charge >= 0.3 is 5.97 Å². The van der Waals surface area contributed by atoms with Crippen LogP contribution < -0.4 is 5.32 Å². The fourth-order valence-corrected chi connectivity index (χ4v) is 2.74. The molecule has 0 saturated carbocycles. The summed E-state index contributed by atoms with van der Waals surface area (Å²) in [5.74, 6) is 0.237. The SMILES string of the molecule is CCOC(=O)C1=C(C)Nc2ncnn2[C@@H]1c1cn(C)nc1C. The summed E-state index contributed by atoms with van der Waals surface area (Å²) < 4.78 is 8.62. The number of aromatic nitrogens is 5. The molecule has 1 atom stereocenters. The van der Waals surface area contributed by atoms with Crippen molar-refractivity contribution in [1.82, 2.24) is 24.5 Å². The van der Waals surface area contributed by atoms with Gasteiger partial charge in [-0.2, -0.15) is 15.2 Å². The van der Waals surface area contributed by atoms with Crippen molar-refractivity contribution < 1.29 is 9.53 Å². The molecular weight excluding hydrogens is 284 g/mol. The molecule has 0 aromatic carbocycles. The van der Waals surface area contributed by atoms with E-state index in [4.69, 9.17) is 4.74 Å². The second kappa shape index (κ2) is 5.28. The van der Waals surface area contributed by atoms with Gasteiger partial charge in [0.1, 0.15) is 12.4 Å². The highest BCUT2D eigenvalue weighted by atomic mass is 16.5. The molecule has 116 valence electrons. The number of anilines is 1. The molecule has 0 saturated heterocycles. The summed E-state index contributed by atoms with van der Waals surface area (Å²) in [5, 5.41) is 11.7. The number of hydrogen-bond acceptors (Lipinski definition) is 6. The predicted octanol–water partition coefficient (Wildman–Crippen LogP) is 1.17. The van der Waals surface area contributed by atoms with Crippen molar-refractivity contribution in [2.45, 2.75) is 26.8 Å². The fourth-order valence-electron chi connectivity index (χ4n) is 2.74. The normalized spacial score (nSPS) is 17.2. The van der Waals surface area contributed by atoms with Crippen molar-refractivity contribution in [3.05, 3.63) is 35.1 Å². The molecule has 0 fully saturated rings. The van der Waals surface area contributed by atoms with Crippen LogP contribution in [0.5, 0.6) is 0 Å². The number of carbonyl (C=O) groups excluding carboxylic acids is 1. The average Bonchev–Trinajstić information content (AvgIpc) is 3.03. The van der Waals surface area contributed by atoms with Crippen molar-refractivity contribution in [3.63, 3.8) is 0 Å². The topological polar surface area (TPSA) is 86.9 Å². The first kappa shape index (κ1) is 14.3. The lowest BCUT2D eigenvalue weighted by atomic mass is 9.96. The van der Waals surface area contributed by atoms with Crippen LogP contribution in [-0.2, 0) is 16.6 Å². The van der Waals surface area contributed by atoms with Crippen LogP contribution in [0.25, 0.3) is 0 Å². The molecule has 1 aliphatic heterocycles. The summed E-state index contributed by atoms with van der Waals surface area (Å²) in [5.41, 5.74) is 2.98. The van der Waals surface area contributed by atoms with Crippen LogP contribution in [0.1, 0.15) is 31.1 Å². The Morgan fingerprint density at radius 3 is 2.86 bits per heavy atom. The quantitative estimate of drug-likeness (QED) is 0.857. The molecule has 2 aromatic heterocycles. The van der Waals surface area contributed by atoms with Crippen molar-refractivity contribution >= 4 is 11.9 Å². The molecule has 22 heavy (non-hydrogen) atoms. The Hall–Kier alpha value is -2.64. The number of nitrogens with one attached hydrogen (secondary N) is 1. The maximum atomic E-state index is 12.4. The Morgan fingerprint density at radius 2 is 2.23 bits per heavy atom. The lowest BCUT2D eigenvalue weighted by Crippen LogP contribution is -2.29. The summed E-state index contributed by atoms with van der Waals surface area (Å²) in [6.45, 7) is 5.85. The summed E-state index contributed by atoms with van der Waals surface area (Å²) in [7, 11) is 1.85. The molecule has 0 spiro atoms. The molecule has 1 aliphatic rings. The lowest BCUT2D eigenvalue weighted by Gasteiger charge is -2.27. The van der Waals surface area contributed by atoms with Crippen molar-refractivity contribution in [2.75, 3.05) is 11.9 Å². The van der Waals surface area contributed by atoms with Crippen molar-refractivity contribution in [2.24, 2.45) is 7.05 Å². The highest BCUT2D eigenvalue weighted by molar-refractivity contribution is 5.92. The number of aryl methyl sites for hydroxylation is 2. The number of carbonyl (C=O) groups is 1. The van der Waals surface area contributed by atoms with Gasteiger partial charge in [0.15, 0.2) is 0 Å². The first-order chi connectivity index (χ1) is 10.5. The summed E-state index contributed by atoms with van der Waals surface area (Å²) >= 11 is 0. The maximum absolute atomic E-state index is 12.4. The molecule has 0 amide bonds. The molecule has 0 unspecified atom stereocenters. The Labute approximate surface area is 127 Å². The van der Waals surface area contributed by atoms with Gasteiger partial charge < -0.3 is 10.1 Å². The van der Waals surface area contributed by atoms with Gasteiger partial charge in [0.05, 0.1) is 17.9 Å². The smallest absolute Gasteiger partial charge is 0.338 e. The van der Waals surface area contributed by atoms with Crippen LogP contribution in [0.4, 0.5) is 5.95 Å². The van der Waals surface area contributed by atoms with Crippen LogP contribution in [0.3, 0.4) is 0 Å². The van der Waals surface area contributed by atoms with E-state index in [1.54, 1.807) is 16.3 Å². The van der Waals surface area contributed by atoms with E-state index >= 15 is 0 Å². The molecule has 0 aliphatic carbocycles. The fraction of sp³-hybridized carbons (Fsp3) is 0.429. The zero-order valence-electron chi connectivity index (χ0n) is 13.0. The van der Waals surface area contributed by atoms with E-state index in [1.807, 2.05) is 27.1 Å². The second-order valence-corrected chi connectivity index (χ2v) is 5.16. The largest absolute Gasteiger partial charge is 0.463 e. The number of hydrogen-bond donors (Lipinski definition) is 1. The third-order valence-electron chi connectivity index (χ3n) is 3.64. The molecule has 0 radical (unpaired) electrons. The monoisotopic (exact) mass is 302 g/mol. The average molecular weight is 302 g/mol. The minimum absolute atomic E-state index is 0.318. The van der Waals surface area contributed by atoms with E-state index in [2.05, 4.69) is 20.5 Å². The van der Waals surface area contributed by atoms with E-state index < -0.39 is 6.04 Å². The van der Waals surface area contributed by atoms with Gasteiger partial charge in [-0.25, -0.2) is 9.48 Å². The predicted molar refractivity (Wildman–Crippen MR) is 79.1 cm³/mol. The number of ether oxygens (including phenoxy) is 1. The Morgan fingerprint density at radius 1 is 1.45 bits per heavy atom. The number of rotatable bonds is 3. The second-order valence-electron chi connectivity index (χ2n) is 5.16. The first-order valence-corrected chi connectivity index (χ1v) is 7.07. The maximum Gasteiger partial charge on any atom is 0.338 e. The summed E-state index contributed by atoms with van der Waals surface area (Å²) in [4.78, 5) is 16.6. The van der Waals surface area contributed by atoms with Gasteiger partial charge in [-0.3, -0.25) is 4.68 Å². The minimum atomic E-state index is -0.397. The third-order valence-corrected chi connectivity index (χ3v) is 3.64. The highest BCUT2D eigenvalue weighted by Crippen LogP contribution is 2.36. The van der Waals surface area contributed by atoms with Gasteiger partial charge in [-0.05, 0) is 20.8 Å². The number of esters is 1. The van der Waals surface area contributed by atoms with Crippen molar-refractivity contribution in [1.29, 1.82) is 0 Å². The number of nitrogens with zero attached hydrogens (tertiary/aromatic N) is 5. The van der Waals surface area contributed by atoms with E-state index in [9.17, 15) is 4.79 Å². The summed E-state index contributed by atoms with van der Waals surface area (Å²) in [6.07, 6.45) is 3.35. The zero-order chi connectivity index (χ0) is 15.9. The molecule has 3 rings (SSSR count). The van der Waals surface area contributed by atoms with Gasteiger partial charge in [0.2, 0.25) is 5.95 Å². The molecule has 8 heteroatoms. The standard InChI is InChI=1S/C14H18N6O2/c1-5-22-13(21)11-9(3)17-14-15-7-16-20(14)12(11)10-6-19(4)18-8(10)2/h6-7,12H,5H2,1-4H3,(H,15,16,17)/t12-/m1/s1. The summed E-state index contributed by atoms with van der Waals surface area (Å²) in [6, 6.07) is -0.397. The van der Waals surface area contributed by atoms with Crippen LogP contribution >= 0.6 is 0 Å². The molecule has 3 heterocycles. The van der Waals surface area contributed by atoms with Crippen molar-refractivity contribution in [3.8, 4) is 0 Å². The molecular formula is C14H18N6O2. The van der Waals surface area contributed by atoms with Crippen LogP contribution in [0.2, 0.25) is 0 Å². The van der Waals surface area contributed by atoms with E-state index in [0.29, 0.717) is 23.8 Å². The molecule has 8 nitrogen and oxygen atoms in total. The number of fused-ring (bicyclic) bond motifs is 1. The Balaban J connectivity index is 2.17. The third kappa shape index (κ3) is 2.16. The van der Waals surface area contributed by atoms with Gasteiger partial charge in [0, 0.05) is 24.5 Å². The number of allylic oxidation sites excluding steroid dienone is 1. The highest BCUT2D eigenvalue weighted by Gasteiger charge is 2.35. The zero-order valence-corrected chi connectivity index (χ0v) is 13.0. The van der Waals surface area contributed by atoms with E-state index in [-0.39, 0.29) is 5.97 Å². The van der Waals surface area contributed by atoms with E-state index in [0.717, 1.165) is 11.3 Å². The lowest BCUT2D eigenvalue weighted by molar-refractivity contribution is -0.139. The van der Waals surface area contributed by atoms with Gasteiger partial charge in [-0.1, -0.05) is 0 Å². The molecule has 1 N–H and O–H groups in total. The van der Waals surface area contributed by atoms with Crippen LogP contribution in [0.15, 0.2) is 23.8 Å². The van der Waals surface area contributed by atoms with Gasteiger partial charge in [0.25, 0.3) is 0 Å². The minimum Gasteiger partial charge on any atom is -0.463 e. The van der Waals surface area contributed by atoms with Crippen LogP contribution in [0, 0.1) is 6.92 Å².